The molecule has 2 amide bonds. The van der Waals surface area contributed by atoms with Crippen LogP contribution in [0.15, 0.2) is 29.3 Å². The third-order valence-corrected chi connectivity index (χ3v) is 3.59. The lowest BCUT2D eigenvalue weighted by Gasteiger charge is -2.21. The molecule has 1 rings (SSSR count). The highest BCUT2D eigenvalue weighted by molar-refractivity contribution is 5.96. The number of benzene rings is 1. The maximum Gasteiger partial charge on any atom is 0.251 e. The highest BCUT2D eigenvalue weighted by Crippen LogP contribution is 2.06. The van der Waals surface area contributed by atoms with Gasteiger partial charge in [0.25, 0.3) is 5.91 Å². The van der Waals surface area contributed by atoms with E-state index in [2.05, 4.69) is 27.4 Å². The number of guanidine groups is 1. The zero-order chi connectivity index (χ0) is 18.7. The van der Waals surface area contributed by atoms with E-state index in [0.29, 0.717) is 12.1 Å². The number of carbonyl (C=O) groups is 2. The number of hydrogen-bond acceptors (Lipinski definition) is 3. The van der Waals surface area contributed by atoms with Gasteiger partial charge in [-0.25, -0.2) is 4.99 Å². The van der Waals surface area contributed by atoms with Gasteiger partial charge in [0.15, 0.2) is 5.96 Å². The summed E-state index contributed by atoms with van der Waals surface area (Å²) < 4.78 is 0. The first-order chi connectivity index (χ1) is 12.0. The van der Waals surface area contributed by atoms with Crippen molar-refractivity contribution in [2.45, 2.75) is 33.2 Å². The molecule has 1 aromatic carbocycles. The van der Waals surface area contributed by atoms with Crippen LogP contribution in [0.3, 0.4) is 0 Å². The number of hydrogen-bond donors (Lipinski definition) is 3. The second kappa shape index (κ2) is 11.1. The van der Waals surface area contributed by atoms with E-state index in [1.807, 2.05) is 26.1 Å². The molecule has 0 fully saturated rings. The lowest BCUT2D eigenvalue weighted by atomic mass is 10.1. The monoisotopic (exact) mass is 347 g/mol. The summed E-state index contributed by atoms with van der Waals surface area (Å²) in [6.07, 6.45) is 2.26. The first kappa shape index (κ1) is 20.5. The number of nitrogens with two attached hydrogens (primary N) is 1. The quantitative estimate of drug-likeness (QED) is 0.460. The Morgan fingerprint density at radius 2 is 1.84 bits per heavy atom. The predicted octanol–water partition coefficient (Wildman–Crippen LogP) is 1.10. The zero-order valence-corrected chi connectivity index (χ0v) is 15.3. The Morgan fingerprint density at radius 1 is 1.16 bits per heavy atom. The van der Waals surface area contributed by atoms with Gasteiger partial charge in [0.2, 0.25) is 5.91 Å². The molecule has 0 heterocycles. The molecular formula is C18H29N5O2. The topological polar surface area (TPSA) is 99.8 Å². The molecule has 0 aliphatic rings. The minimum Gasteiger partial charge on any atom is -0.368 e. The van der Waals surface area contributed by atoms with Crippen molar-refractivity contribution >= 4 is 17.8 Å². The van der Waals surface area contributed by atoms with Crippen molar-refractivity contribution in [3.63, 3.8) is 0 Å². The maximum atomic E-state index is 11.8. The van der Waals surface area contributed by atoms with Crippen molar-refractivity contribution in [3.05, 3.63) is 35.4 Å². The molecule has 25 heavy (non-hydrogen) atoms. The molecule has 0 radical (unpaired) electrons. The fraction of sp³-hybridized carbons (Fsp3) is 0.500. The van der Waals surface area contributed by atoms with Crippen LogP contribution in [0.4, 0.5) is 0 Å². The van der Waals surface area contributed by atoms with E-state index in [0.717, 1.165) is 37.5 Å². The number of aliphatic imine (C=N–C) groups is 1. The van der Waals surface area contributed by atoms with Crippen LogP contribution in [-0.2, 0) is 11.3 Å². The minimum atomic E-state index is -0.567. The standard InChI is InChI=1S/C18H29N5O2/c1-4-6-11-23(3)18(20-5-2)22-12-14-7-9-15(10-8-14)17(25)21-13-16(19)24/h7-10H,4-6,11-13H2,1-3H3,(H2,19,24)(H,20,22)(H,21,25). The van der Waals surface area contributed by atoms with E-state index in [-0.39, 0.29) is 12.5 Å². The Balaban J connectivity index is 2.68. The number of rotatable bonds is 9. The molecule has 7 nitrogen and oxygen atoms in total. The van der Waals surface area contributed by atoms with Gasteiger partial charge in [0.05, 0.1) is 13.1 Å². The number of unbranched alkanes of at least 4 members (excludes halogenated alkanes) is 1. The van der Waals surface area contributed by atoms with Gasteiger partial charge in [-0.05, 0) is 31.0 Å². The van der Waals surface area contributed by atoms with Gasteiger partial charge in [0, 0.05) is 25.7 Å². The minimum absolute atomic E-state index is 0.166. The SMILES string of the molecule is CCCCN(C)C(=NCc1ccc(C(=O)NCC(N)=O)cc1)NCC. The van der Waals surface area contributed by atoms with Crippen molar-refractivity contribution in [3.8, 4) is 0 Å². The van der Waals surface area contributed by atoms with Crippen LogP contribution in [0, 0.1) is 0 Å². The summed E-state index contributed by atoms with van der Waals surface area (Å²) in [4.78, 5) is 29.3. The molecule has 0 bridgehead atoms. The summed E-state index contributed by atoms with van der Waals surface area (Å²) >= 11 is 0. The largest absolute Gasteiger partial charge is 0.368 e. The van der Waals surface area contributed by atoms with Gasteiger partial charge < -0.3 is 21.3 Å². The summed E-state index contributed by atoms with van der Waals surface area (Å²) in [5.74, 6) is -0.0110. The van der Waals surface area contributed by atoms with Gasteiger partial charge in [-0.3, -0.25) is 9.59 Å². The Hall–Kier alpha value is -2.57. The molecule has 0 atom stereocenters. The smallest absolute Gasteiger partial charge is 0.251 e. The lowest BCUT2D eigenvalue weighted by Crippen LogP contribution is -2.39. The van der Waals surface area contributed by atoms with Gasteiger partial charge in [-0.1, -0.05) is 25.5 Å². The molecule has 0 saturated heterocycles. The molecule has 0 spiro atoms. The summed E-state index contributed by atoms with van der Waals surface area (Å²) in [5, 5.41) is 5.75. The van der Waals surface area contributed by atoms with Crippen molar-refractivity contribution in [1.29, 1.82) is 0 Å². The molecule has 0 aliphatic heterocycles. The Morgan fingerprint density at radius 3 is 2.40 bits per heavy atom. The summed E-state index contributed by atoms with van der Waals surface area (Å²) in [7, 11) is 2.03. The van der Waals surface area contributed by atoms with Gasteiger partial charge >= 0.3 is 0 Å². The van der Waals surface area contributed by atoms with Crippen LogP contribution < -0.4 is 16.4 Å². The van der Waals surface area contributed by atoms with Gasteiger partial charge in [0.1, 0.15) is 0 Å². The summed E-state index contributed by atoms with van der Waals surface area (Å²) in [6, 6.07) is 7.15. The third-order valence-electron chi connectivity index (χ3n) is 3.59. The molecular weight excluding hydrogens is 318 g/mol. The molecule has 138 valence electrons. The maximum absolute atomic E-state index is 11.8. The average molecular weight is 347 g/mol. The number of primary amides is 1. The van der Waals surface area contributed by atoms with Gasteiger partial charge in [-0.2, -0.15) is 0 Å². The van der Waals surface area contributed by atoms with Crippen LogP contribution in [0.1, 0.15) is 42.6 Å². The molecule has 4 N–H and O–H groups in total. The molecule has 0 saturated carbocycles. The second-order valence-corrected chi connectivity index (χ2v) is 5.79. The van der Waals surface area contributed by atoms with Gasteiger partial charge in [-0.15, -0.1) is 0 Å². The first-order valence-electron chi connectivity index (χ1n) is 8.62. The Kier molecular flexibility index (Phi) is 9.06. The molecule has 1 aromatic rings. The van der Waals surface area contributed by atoms with E-state index < -0.39 is 5.91 Å². The summed E-state index contributed by atoms with van der Waals surface area (Å²) in [5.41, 5.74) is 6.50. The van der Waals surface area contributed by atoms with Crippen molar-refractivity contribution in [2.75, 3.05) is 26.7 Å². The highest BCUT2D eigenvalue weighted by Gasteiger charge is 2.07. The lowest BCUT2D eigenvalue weighted by molar-refractivity contribution is -0.117. The Bertz CT molecular complexity index is 584. The highest BCUT2D eigenvalue weighted by atomic mass is 16.2. The van der Waals surface area contributed by atoms with Crippen molar-refractivity contribution in [1.82, 2.24) is 15.5 Å². The molecule has 0 aromatic heterocycles. The van der Waals surface area contributed by atoms with E-state index in [1.165, 1.54) is 0 Å². The van der Waals surface area contributed by atoms with Crippen LogP contribution >= 0.6 is 0 Å². The Labute approximate surface area is 149 Å². The fourth-order valence-electron chi connectivity index (χ4n) is 2.17. The van der Waals surface area contributed by atoms with Crippen molar-refractivity contribution < 1.29 is 9.59 Å². The van der Waals surface area contributed by atoms with E-state index in [9.17, 15) is 9.59 Å². The van der Waals surface area contributed by atoms with Crippen LogP contribution in [0.2, 0.25) is 0 Å². The first-order valence-corrected chi connectivity index (χ1v) is 8.62. The normalized spacial score (nSPS) is 11.1. The fourth-order valence-corrected chi connectivity index (χ4v) is 2.17. The number of nitrogens with zero attached hydrogens (tertiary/aromatic N) is 2. The number of carbonyl (C=O) groups excluding carboxylic acids is 2. The molecule has 7 heteroatoms. The van der Waals surface area contributed by atoms with Crippen LogP contribution in [-0.4, -0.2) is 49.4 Å². The van der Waals surface area contributed by atoms with Crippen molar-refractivity contribution in [2.24, 2.45) is 10.7 Å². The summed E-state index contributed by atoms with van der Waals surface area (Å²) in [6.45, 7) is 6.35. The predicted molar refractivity (Wildman–Crippen MR) is 100 cm³/mol. The van der Waals surface area contributed by atoms with E-state index in [4.69, 9.17) is 5.73 Å². The molecule has 0 aliphatic carbocycles. The average Bonchev–Trinajstić information content (AvgIpc) is 2.61. The van der Waals surface area contributed by atoms with Crippen LogP contribution in [0.5, 0.6) is 0 Å². The number of amides is 2. The third kappa shape index (κ3) is 7.69. The number of nitrogens with one attached hydrogen (secondary N) is 2. The van der Waals surface area contributed by atoms with E-state index >= 15 is 0 Å². The molecule has 0 unspecified atom stereocenters. The second-order valence-electron chi connectivity index (χ2n) is 5.79. The van der Waals surface area contributed by atoms with E-state index in [1.54, 1.807) is 12.1 Å². The van der Waals surface area contributed by atoms with Crippen LogP contribution in [0.25, 0.3) is 0 Å². The zero-order valence-electron chi connectivity index (χ0n) is 15.3.